The molecule has 0 aliphatic rings. The number of amides is 2. The second-order valence-corrected chi connectivity index (χ2v) is 6.07. The van der Waals surface area contributed by atoms with Gasteiger partial charge in [-0.3, -0.25) is 10.00 Å². The van der Waals surface area contributed by atoms with Gasteiger partial charge in [-0.25, -0.2) is 4.79 Å². The topological polar surface area (TPSA) is 59.0 Å². The van der Waals surface area contributed by atoms with Crippen molar-refractivity contribution in [1.82, 2.24) is 9.78 Å². The lowest BCUT2D eigenvalue weighted by Crippen LogP contribution is -2.20. The SMILES string of the molecule is O=C(Nc1cccc(C(F)(F)F)c1)Nc1nn(Cc2ccccc2)cc1Cl. The Kier molecular flexibility index (Phi) is 5.36. The van der Waals surface area contributed by atoms with Gasteiger partial charge in [-0.15, -0.1) is 0 Å². The third-order valence-corrected chi connectivity index (χ3v) is 3.86. The van der Waals surface area contributed by atoms with Crippen LogP contribution in [0.15, 0.2) is 60.8 Å². The van der Waals surface area contributed by atoms with Gasteiger partial charge in [0.15, 0.2) is 5.82 Å². The zero-order valence-electron chi connectivity index (χ0n) is 13.8. The summed E-state index contributed by atoms with van der Waals surface area (Å²) in [5, 5.41) is 9.15. The molecular formula is C18H14ClF3N4O. The van der Waals surface area contributed by atoms with Crippen LogP contribution in [-0.2, 0) is 12.7 Å². The van der Waals surface area contributed by atoms with E-state index in [1.807, 2.05) is 30.3 Å². The van der Waals surface area contributed by atoms with Crippen molar-refractivity contribution in [3.05, 3.63) is 76.9 Å². The maximum atomic E-state index is 12.7. The average molecular weight is 395 g/mol. The summed E-state index contributed by atoms with van der Waals surface area (Å²) in [7, 11) is 0. The van der Waals surface area contributed by atoms with Gasteiger partial charge in [-0.2, -0.15) is 18.3 Å². The quantitative estimate of drug-likeness (QED) is 0.635. The molecule has 3 aromatic rings. The number of nitrogens with one attached hydrogen (secondary N) is 2. The maximum Gasteiger partial charge on any atom is 0.416 e. The molecule has 140 valence electrons. The Morgan fingerprint density at radius 2 is 1.81 bits per heavy atom. The molecule has 3 rings (SSSR count). The normalized spacial score (nSPS) is 11.3. The Labute approximate surface area is 157 Å². The van der Waals surface area contributed by atoms with Gasteiger partial charge in [-0.05, 0) is 23.8 Å². The summed E-state index contributed by atoms with van der Waals surface area (Å²) >= 11 is 6.07. The lowest BCUT2D eigenvalue weighted by atomic mass is 10.2. The Balaban J connectivity index is 1.66. The molecule has 0 aliphatic carbocycles. The number of hydrogen-bond acceptors (Lipinski definition) is 2. The summed E-state index contributed by atoms with van der Waals surface area (Å²) in [6.07, 6.45) is -2.94. The summed E-state index contributed by atoms with van der Waals surface area (Å²) in [6, 6.07) is 13.1. The number of hydrogen-bond donors (Lipinski definition) is 2. The summed E-state index contributed by atoms with van der Waals surface area (Å²) in [5.41, 5.74) is 0.143. The molecule has 0 spiro atoms. The highest BCUT2D eigenvalue weighted by molar-refractivity contribution is 6.33. The van der Waals surface area contributed by atoms with Crippen LogP contribution in [0, 0.1) is 0 Å². The molecule has 1 aromatic heterocycles. The Morgan fingerprint density at radius 3 is 2.52 bits per heavy atom. The van der Waals surface area contributed by atoms with Crippen molar-refractivity contribution in [2.75, 3.05) is 10.6 Å². The van der Waals surface area contributed by atoms with Crippen LogP contribution in [0.2, 0.25) is 5.02 Å². The molecule has 2 aromatic carbocycles. The fourth-order valence-corrected chi connectivity index (χ4v) is 2.57. The number of urea groups is 1. The fraction of sp³-hybridized carbons (Fsp3) is 0.111. The first-order valence-electron chi connectivity index (χ1n) is 7.83. The average Bonchev–Trinajstić information content (AvgIpc) is 2.94. The first-order chi connectivity index (χ1) is 12.8. The van der Waals surface area contributed by atoms with Gasteiger partial charge in [0, 0.05) is 11.9 Å². The van der Waals surface area contributed by atoms with Crippen LogP contribution in [0.5, 0.6) is 0 Å². The van der Waals surface area contributed by atoms with Crippen molar-refractivity contribution in [3.8, 4) is 0 Å². The molecule has 0 unspecified atom stereocenters. The highest BCUT2D eigenvalue weighted by atomic mass is 35.5. The van der Waals surface area contributed by atoms with Gasteiger partial charge in [0.1, 0.15) is 5.02 Å². The number of rotatable bonds is 4. The van der Waals surface area contributed by atoms with Crippen LogP contribution in [0.4, 0.5) is 29.5 Å². The van der Waals surface area contributed by atoms with Crippen LogP contribution in [-0.4, -0.2) is 15.8 Å². The van der Waals surface area contributed by atoms with Crippen molar-refractivity contribution < 1.29 is 18.0 Å². The summed E-state index contributed by atoms with van der Waals surface area (Å²) in [5.74, 6) is 0.108. The third-order valence-electron chi connectivity index (χ3n) is 3.58. The minimum Gasteiger partial charge on any atom is -0.308 e. The van der Waals surface area contributed by atoms with Crippen molar-refractivity contribution >= 4 is 29.1 Å². The lowest BCUT2D eigenvalue weighted by molar-refractivity contribution is -0.137. The van der Waals surface area contributed by atoms with E-state index >= 15 is 0 Å². The van der Waals surface area contributed by atoms with Crippen molar-refractivity contribution in [2.45, 2.75) is 12.7 Å². The molecule has 0 saturated heterocycles. The second-order valence-electron chi connectivity index (χ2n) is 5.67. The number of alkyl halides is 3. The largest absolute Gasteiger partial charge is 0.416 e. The first kappa shape index (κ1) is 18.8. The summed E-state index contributed by atoms with van der Waals surface area (Å²) < 4.78 is 39.7. The van der Waals surface area contributed by atoms with Gasteiger partial charge < -0.3 is 5.32 Å². The number of anilines is 2. The van der Waals surface area contributed by atoms with E-state index in [0.717, 1.165) is 17.7 Å². The number of halogens is 4. The fourth-order valence-electron chi connectivity index (χ4n) is 2.38. The van der Waals surface area contributed by atoms with E-state index in [9.17, 15) is 18.0 Å². The smallest absolute Gasteiger partial charge is 0.308 e. The molecule has 0 radical (unpaired) electrons. The molecule has 0 bridgehead atoms. The van der Waals surface area contributed by atoms with Crippen molar-refractivity contribution in [3.63, 3.8) is 0 Å². The van der Waals surface area contributed by atoms with Crippen LogP contribution >= 0.6 is 11.6 Å². The Morgan fingerprint density at radius 1 is 1.07 bits per heavy atom. The predicted octanol–water partition coefficient (Wildman–Crippen LogP) is 5.25. The van der Waals surface area contributed by atoms with E-state index in [-0.39, 0.29) is 16.5 Å². The first-order valence-corrected chi connectivity index (χ1v) is 8.21. The molecule has 2 amide bonds. The highest BCUT2D eigenvalue weighted by Crippen LogP contribution is 2.30. The molecule has 0 aliphatic heterocycles. The zero-order valence-corrected chi connectivity index (χ0v) is 14.6. The van der Waals surface area contributed by atoms with E-state index in [1.165, 1.54) is 12.1 Å². The number of benzene rings is 2. The zero-order chi connectivity index (χ0) is 19.4. The van der Waals surface area contributed by atoms with E-state index in [2.05, 4.69) is 15.7 Å². The predicted molar refractivity (Wildman–Crippen MR) is 96.9 cm³/mol. The van der Waals surface area contributed by atoms with Crippen molar-refractivity contribution in [1.29, 1.82) is 0 Å². The number of nitrogens with zero attached hydrogens (tertiary/aromatic N) is 2. The molecule has 27 heavy (non-hydrogen) atoms. The molecule has 5 nitrogen and oxygen atoms in total. The maximum absolute atomic E-state index is 12.7. The van der Waals surface area contributed by atoms with E-state index in [0.29, 0.717) is 6.54 Å². The van der Waals surface area contributed by atoms with E-state index in [1.54, 1.807) is 10.9 Å². The highest BCUT2D eigenvalue weighted by Gasteiger charge is 2.30. The van der Waals surface area contributed by atoms with Gasteiger partial charge in [0.2, 0.25) is 0 Å². The molecule has 2 N–H and O–H groups in total. The van der Waals surface area contributed by atoms with E-state index < -0.39 is 17.8 Å². The van der Waals surface area contributed by atoms with Crippen LogP contribution < -0.4 is 10.6 Å². The molecule has 0 atom stereocenters. The number of carbonyl (C=O) groups is 1. The monoisotopic (exact) mass is 394 g/mol. The Bertz CT molecular complexity index is 941. The summed E-state index contributed by atoms with van der Waals surface area (Å²) in [6.45, 7) is 0.456. The van der Waals surface area contributed by atoms with Crippen LogP contribution in [0.1, 0.15) is 11.1 Å². The minimum atomic E-state index is -4.49. The molecule has 9 heteroatoms. The lowest BCUT2D eigenvalue weighted by Gasteiger charge is -2.10. The van der Waals surface area contributed by atoms with Gasteiger partial charge in [0.05, 0.1) is 12.1 Å². The minimum absolute atomic E-state index is 0.00201. The summed E-state index contributed by atoms with van der Waals surface area (Å²) in [4.78, 5) is 12.1. The number of aromatic nitrogens is 2. The molecule has 0 fully saturated rings. The van der Waals surface area contributed by atoms with Crippen LogP contribution in [0.3, 0.4) is 0 Å². The van der Waals surface area contributed by atoms with Gasteiger partial charge in [-0.1, -0.05) is 48.0 Å². The van der Waals surface area contributed by atoms with Crippen LogP contribution in [0.25, 0.3) is 0 Å². The molecule has 1 heterocycles. The van der Waals surface area contributed by atoms with Gasteiger partial charge >= 0.3 is 12.2 Å². The molecular weight excluding hydrogens is 381 g/mol. The van der Waals surface area contributed by atoms with Crippen molar-refractivity contribution in [2.24, 2.45) is 0 Å². The second kappa shape index (κ2) is 7.71. The standard InChI is InChI=1S/C18H14ClF3N4O/c19-15-11-26(10-12-5-2-1-3-6-12)25-16(15)24-17(27)23-14-8-4-7-13(9-14)18(20,21)22/h1-9,11H,10H2,(H2,23,24,25,27). The Hall–Kier alpha value is -3.00. The molecule has 0 saturated carbocycles. The third kappa shape index (κ3) is 5.01. The van der Waals surface area contributed by atoms with Gasteiger partial charge in [0.25, 0.3) is 0 Å². The van der Waals surface area contributed by atoms with E-state index in [4.69, 9.17) is 11.6 Å². The number of carbonyl (C=O) groups excluding carboxylic acids is 1.